The Bertz CT molecular complexity index is 793. The van der Waals surface area contributed by atoms with Gasteiger partial charge in [0, 0.05) is 19.6 Å². The van der Waals surface area contributed by atoms with Crippen LogP contribution in [-0.2, 0) is 23.2 Å². The zero-order valence-electron chi connectivity index (χ0n) is 17.5. The number of hydrogen-bond donors (Lipinski definition) is 1. The zero-order chi connectivity index (χ0) is 20.1. The van der Waals surface area contributed by atoms with E-state index >= 15 is 0 Å². The lowest BCUT2D eigenvalue weighted by Gasteiger charge is -2.31. The van der Waals surface area contributed by atoms with Gasteiger partial charge in [0.05, 0.1) is 6.04 Å². The first-order valence-corrected chi connectivity index (χ1v) is 10.2. The minimum atomic E-state index is -0.211. The van der Waals surface area contributed by atoms with Crippen molar-refractivity contribution in [1.29, 1.82) is 0 Å². The minimum absolute atomic E-state index is 0.144. The second kappa shape index (κ2) is 8.78. The molecule has 1 aliphatic heterocycles. The molecule has 1 heterocycles. The Morgan fingerprint density at radius 3 is 2.46 bits per heavy atom. The molecule has 2 aromatic carbocycles. The molecule has 4 nitrogen and oxygen atoms in total. The van der Waals surface area contributed by atoms with Crippen molar-refractivity contribution in [2.24, 2.45) is 0 Å². The van der Waals surface area contributed by atoms with E-state index in [2.05, 4.69) is 56.4 Å². The molecule has 0 aliphatic carbocycles. The van der Waals surface area contributed by atoms with Gasteiger partial charge in [-0.3, -0.25) is 4.79 Å². The Labute approximate surface area is 168 Å². The van der Waals surface area contributed by atoms with Crippen molar-refractivity contribution in [3.05, 3.63) is 65.2 Å². The second-order valence-corrected chi connectivity index (χ2v) is 8.58. The molecular formula is C24H32N2O2. The van der Waals surface area contributed by atoms with Gasteiger partial charge in [-0.05, 0) is 47.6 Å². The molecule has 4 heteroatoms. The Hall–Kier alpha value is -2.33. The van der Waals surface area contributed by atoms with E-state index in [1.165, 1.54) is 16.7 Å². The van der Waals surface area contributed by atoms with Gasteiger partial charge >= 0.3 is 0 Å². The highest BCUT2D eigenvalue weighted by molar-refractivity contribution is 5.81. The lowest BCUT2D eigenvalue weighted by molar-refractivity contribution is -0.134. The number of carbonyl (C=O) groups excluding carboxylic acids is 1. The molecule has 0 bridgehead atoms. The van der Waals surface area contributed by atoms with Crippen LogP contribution in [0.15, 0.2) is 48.5 Å². The maximum absolute atomic E-state index is 12.7. The first-order valence-electron chi connectivity index (χ1n) is 10.2. The molecule has 0 radical (unpaired) electrons. The molecule has 1 unspecified atom stereocenters. The molecule has 0 saturated carbocycles. The monoisotopic (exact) mass is 380 g/mol. The van der Waals surface area contributed by atoms with Gasteiger partial charge < -0.3 is 15.0 Å². The summed E-state index contributed by atoms with van der Waals surface area (Å²) in [7, 11) is 0. The highest BCUT2D eigenvalue weighted by atomic mass is 16.5. The van der Waals surface area contributed by atoms with Crippen molar-refractivity contribution in [2.75, 3.05) is 19.7 Å². The predicted molar refractivity (Wildman–Crippen MR) is 114 cm³/mol. The van der Waals surface area contributed by atoms with Crippen LogP contribution in [0.5, 0.6) is 5.75 Å². The maximum Gasteiger partial charge on any atom is 0.239 e. The minimum Gasteiger partial charge on any atom is -0.492 e. The number of nitrogens with one attached hydrogen (secondary N) is 1. The Morgan fingerprint density at radius 1 is 1.11 bits per heavy atom. The maximum atomic E-state index is 12.7. The van der Waals surface area contributed by atoms with Gasteiger partial charge in [-0.1, -0.05) is 57.2 Å². The van der Waals surface area contributed by atoms with E-state index < -0.39 is 0 Å². The predicted octanol–water partition coefficient (Wildman–Crippen LogP) is 3.93. The number of nitrogens with zero attached hydrogens (tertiary/aromatic N) is 1. The van der Waals surface area contributed by atoms with Crippen LogP contribution in [0.2, 0.25) is 0 Å². The molecule has 1 N–H and O–H groups in total. The van der Waals surface area contributed by atoms with Crippen molar-refractivity contribution >= 4 is 5.91 Å². The molecule has 0 aromatic heterocycles. The summed E-state index contributed by atoms with van der Waals surface area (Å²) in [6, 6.07) is 16.4. The SMILES string of the molecule is CC(NCCOc1ccc(C(C)(C)C)cc1)C(=O)N1CCc2ccccc2C1. The Kier molecular flexibility index (Phi) is 6.40. The van der Waals surface area contributed by atoms with Crippen molar-refractivity contribution in [2.45, 2.75) is 52.1 Å². The normalized spacial score (nSPS) is 15.1. The number of amides is 1. The highest BCUT2D eigenvalue weighted by Gasteiger charge is 2.24. The van der Waals surface area contributed by atoms with Crippen LogP contribution in [0.25, 0.3) is 0 Å². The van der Waals surface area contributed by atoms with Crippen molar-refractivity contribution in [1.82, 2.24) is 10.2 Å². The van der Waals surface area contributed by atoms with Crippen LogP contribution >= 0.6 is 0 Å². The summed E-state index contributed by atoms with van der Waals surface area (Å²) in [4.78, 5) is 14.7. The molecule has 28 heavy (non-hydrogen) atoms. The summed E-state index contributed by atoms with van der Waals surface area (Å²) < 4.78 is 5.81. The number of fused-ring (bicyclic) bond motifs is 1. The zero-order valence-corrected chi connectivity index (χ0v) is 17.5. The topological polar surface area (TPSA) is 41.6 Å². The fourth-order valence-corrected chi connectivity index (χ4v) is 3.54. The van der Waals surface area contributed by atoms with Crippen LogP contribution < -0.4 is 10.1 Å². The van der Waals surface area contributed by atoms with E-state index in [4.69, 9.17) is 4.74 Å². The average molecular weight is 381 g/mol. The van der Waals surface area contributed by atoms with Gasteiger partial charge in [0.25, 0.3) is 0 Å². The Balaban J connectivity index is 1.42. The summed E-state index contributed by atoms with van der Waals surface area (Å²) in [5.41, 5.74) is 4.06. The number of carbonyl (C=O) groups is 1. The Morgan fingerprint density at radius 2 is 1.79 bits per heavy atom. The average Bonchev–Trinajstić information content (AvgIpc) is 2.69. The first kappa shape index (κ1) is 20.4. The van der Waals surface area contributed by atoms with E-state index in [1.54, 1.807) is 0 Å². The standard InChI is InChI=1S/C24H32N2O2/c1-18(23(27)26-15-13-19-7-5-6-8-20(19)17-26)25-14-16-28-22-11-9-21(10-12-22)24(2,3)4/h5-12,18,25H,13-17H2,1-4H3. The van der Waals surface area contributed by atoms with Crippen LogP contribution in [0.3, 0.4) is 0 Å². The molecular weight excluding hydrogens is 348 g/mol. The molecule has 0 saturated heterocycles. The number of rotatable bonds is 6. The van der Waals surface area contributed by atoms with E-state index in [-0.39, 0.29) is 17.4 Å². The van der Waals surface area contributed by atoms with Gasteiger partial charge in [-0.2, -0.15) is 0 Å². The van der Waals surface area contributed by atoms with Crippen LogP contribution in [0, 0.1) is 0 Å². The molecule has 1 atom stereocenters. The van der Waals surface area contributed by atoms with Crippen LogP contribution in [0.4, 0.5) is 0 Å². The fourth-order valence-electron chi connectivity index (χ4n) is 3.54. The number of benzene rings is 2. The van der Waals surface area contributed by atoms with Gasteiger partial charge in [0.15, 0.2) is 0 Å². The molecule has 3 rings (SSSR count). The highest BCUT2D eigenvalue weighted by Crippen LogP contribution is 2.24. The summed E-state index contributed by atoms with van der Waals surface area (Å²) in [5.74, 6) is 1.02. The van der Waals surface area contributed by atoms with E-state index in [1.807, 2.05) is 30.0 Å². The summed E-state index contributed by atoms with van der Waals surface area (Å²) in [6.07, 6.45) is 0.933. The second-order valence-electron chi connectivity index (χ2n) is 8.58. The largest absolute Gasteiger partial charge is 0.492 e. The molecule has 0 fully saturated rings. The van der Waals surface area contributed by atoms with Gasteiger partial charge in [0.1, 0.15) is 12.4 Å². The molecule has 1 amide bonds. The lowest BCUT2D eigenvalue weighted by atomic mass is 9.87. The van der Waals surface area contributed by atoms with Gasteiger partial charge in [-0.15, -0.1) is 0 Å². The summed E-state index contributed by atoms with van der Waals surface area (Å²) in [6.45, 7) is 11.2. The quantitative estimate of drug-likeness (QED) is 0.772. The van der Waals surface area contributed by atoms with Crippen molar-refractivity contribution in [3.63, 3.8) is 0 Å². The summed E-state index contributed by atoms with van der Waals surface area (Å²) >= 11 is 0. The molecule has 150 valence electrons. The molecule has 1 aliphatic rings. The van der Waals surface area contributed by atoms with Crippen LogP contribution in [0.1, 0.15) is 44.4 Å². The number of ether oxygens (including phenoxy) is 1. The van der Waals surface area contributed by atoms with Crippen molar-refractivity contribution < 1.29 is 9.53 Å². The molecule has 0 spiro atoms. The molecule has 2 aromatic rings. The van der Waals surface area contributed by atoms with Gasteiger partial charge in [0.2, 0.25) is 5.91 Å². The lowest BCUT2D eigenvalue weighted by Crippen LogP contribution is -2.47. The third kappa shape index (κ3) is 5.14. The van der Waals surface area contributed by atoms with E-state index in [0.29, 0.717) is 19.7 Å². The van der Waals surface area contributed by atoms with Crippen molar-refractivity contribution in [3.8, 4) is 5.75 Å². The van der Waals surface area contributed by atoms with Crippen LogP contribution in [-0.4, -0.2) is 36.5 Å². The fraction of sp³-hybridized carbons (Fsp3) is 0.458. The van der Waals surface area contributed by atoms with Gasteiger partial charge in [-0.25, -0.2) is 0 Å². The van der Waals surface area contributed by atoms with E-state index in [9.17, 15) is 4.79 Å². The third-order valence-electron chi connectivity index (χ3n) is 5.35. The first-order chi connectivity index (χ1) is 13.3. The van der Waals surface area contributed by atoms with E-state index in [0.717, 1.165) is 18.7 Å². The third-order valence-corrected chi connectivity index (χ3v) is 5.35. The summed E-state index contributed by atoms with van der Waals surface area (Å²) in [5, 5.41) is 3.29. The number of hydrogen-bond acceptors (Lipinski definition) is 3. The smallest absolute Gasteiger partial charge is 0.239 e.